The number of rotatable bonds is 5. The predicted molar refractivity (Wildman–Crippen MR) is 151 cm³/mol. The molecule has 2 aliphatic rings. The smallest absolute Gasteiger partial charge is 0.350 e. The van der Waals surface area contributed by atoms with Crippen molar-refractivity contribution >= 4 is 57.0 Å². The van der Waals surface area contributed by atoms with Crippen molar-refractivity contribution in [1.29, 1.82) is 0 Å². The zero-order valence-electron chi connectivity index (χ0n) is 22.1. The fourth-order valence-electron chi connectivity index (χ4n) is 5.79. The predicted octanol–water partition coefficient (Wildman–Crippen LogP) is 7.71. The molecule has 0 fully saturated rings. The molecule has 4 N–H and O–H groups in total. The number of pyridine rings is 1. The van der Waals surface area contributed by atoms with Gasteiger partial charge in [-0.25, -0.2) is 18.6 Å². The molecular weight excluding hydrogens is 612 g/mol. The number of benzene rings is 3. The Labute approximate surface area is 249 Å². The number of aromatic nitrogens is 3. The van der Waals surface area contributed by atoms with E-state index in [4.69, 9.17) is 11.6 Å². The summed E-state index contributed by atoms with van der Waals surface area (Å²) in [5, 5.41) is 14.4. The summed E-state index contributed by atoms with van der Waals surface area (Å²) in [5.74, 6) is -2.63. The van der Waals surface area contributed by atoms with Gasteiger partial charge in [0.15, 0.2) is 0 Å². The van der Waals surface area contributed by atoms with E-state index >= 15 is 0 Å². The number of hydrogen-bond acceptors (Lipinski definition) is 5. The molecule has 15 heteroatoms. The summed E-state index contributed by atoms with van der Waals surface area (Å²) in [6.07, 6.45) is -2.13. The minimum atomic E-state index is -4.85. The normalized spacial score (nSPS) is 15.8. The van der Waals surface area contributed by atoms with Crippen molar-refractivity contribution in [2.75, 3.05) is 22.1 Å². The van der Waals surface area contributed by atoms with Crippen LogP contribution in [0.5, 0.6) is 0 Å². The Kier molecular flexibility index (Phi) is 6.35. The summed E-state index contributed by atoms with van der Waals surface area (Å²) in [7, 11) is 0. The van der Waals surface area contributed by atoms with Crippen LogP contribution in [0.25, 0.3) is 10.8 Å². The van der Waals surface area contributed by atoms with Crippen molar-refractivity contribution in [3.63, 3.8) is 0 Å². The minimum absolute atomic E-state index is 0.00392. The van der Waals surface area contributed by atoms with Crippen molar-refractivity contribution in [3.8, 4) is 0 Å². The second-order valence-corrected chi connectivity index (χ2v) is 10.6. The number of carbonyl (C=O) groups is 1. The lowest BCUT2D eigenvalue weighted by Gasteiger charge is -2.35. The van der Waals surface area contributed by atoms with Gasteiger partial charge in [-0.15, -0.1) is 0 Å². The number of nitrogens with zero attached hydrogens (tertiary/aromatic N) is 3. The van der Waals surface area contributed by atoms with Crippen LogP contribution in [0, 0.1) is 17.6 Å². The van der Waals surface area contributed by atoms with Crippen LogP contribution in [0.1, 0.15) is 28.3 Å². The van der Waals surface area contributed by atoms with Crippen LogP contribution >= 0.6 is 11.6 Å². The van der Waals surface area contributed by atoms with E-state index in [1.165, 1.54) is 23.2 Å². The highest BCUT2D eigenvalue weighted by atomic mass is 35.5. The molecule has 0 spiro atoms. The van der Waals surface area contributed by atoms with E-state index in [1.54, 1.807) is 6.07 Å². The Bertz CT molecular complexity index is 2000. The molecule has 0 aliphatic carbocycles. The first-order valence-corrected chi connectivity index (χ1v) is 13.5. The van der Waals surface area contributed by atoms with Crippen LogP contribution in [0.3, 0.4) is 0 Å². The summed E-state index contributed by atoms with van der Waals surface area (Å²) in [6, 6.07) is 6.16. The summed E-state index contributed by atoms with van der Waals surface area (Å²) in [4.78, 5) is 19.0. The molecule has 8 nitrogen and oxygen atoms in total. The molecule has 2 amide bonds. The highest BCUT2D eigenvalue weighted by Crippen LogP contribution is 2.50. The summed E-state index contributed by atoms with van der Waals surface area (Å²) in [6.45, 7) is 0.246. The lowest BCUT2D eigenvalue weighted by molar-refractivity contribution is -0.136. The van der Waals surface area contributed by atoms with Gasteiger partial charge in [0.05, 0.1) is 23.5 Å². The van der Waals surface area contributed by atoms with E-state index in [9.17, 15) is 31.1 Å². The van der Waals surface area contributed by atoms with E-state index in [1.807, 2.05) is 0 Å². The molecule has 4 heterocycles. The Balaban J connectivity index is 1.48. The van der Waals surface area contributed by atoms with E-state index in [2.05, 4.69) is 31.1 Å². The number of anilines is 5. The van der Waals surface area contributed by atoms with Gasteiger partial charge in [-0.1, -0.05) is 11.6 Å². The highest BCUT2D eigenvalue weighted by Gasteiger charge is 2.41. The van der Waals surface area contributed by atoms with E-state index in [0.717, 1.165) is 24.4 Å². The molecule has 3 aromatic carbocycles. The minimum Gasteiger partial charge on any atom is -0.350 e. The van der Waals surface area contributed by atoms with Crippen LogP contribution in [0.2, 0.25) is 5.02 Å². The number of H-pyrrole nitrogens is 1. The van der Waals surface area contributed by atoms with Crippen molar-refractivity contribution in [1.82, 2.24) is 20.5 Å². The van der Waals surface area contributed by atoms with Gasteiger partial charge < -0.3 is 16.0 Å². The lowest BCUT2D eigenvalue weighted by atomic mass is 9.90. The third-order valence-corrected chi connectivity index (χ3v) is 7.98. The number of urea groups is 1. The zero-order valence-corrected chi connectivity index (χ0v) is 22.8. The summed E-state index contributed by atoms with van der Waals surface area (Å²) >= 11 is 6.47. The first-order chi connectivity index (χ1) is 21.0. The van der Waals surface area contributed by atoms with Gasteiger partial charge in [0.1, 0.15) is 23.1 Å². The first-order valence-electron chi connectivity index (χ1n) is 13.1. The lowest BCUT2D eigenvalue weighted by Crippen LogP contribution is -2.46. The summed E-state index contributed by atoms with van der Waals surface area (Å²) in [5.41, 5.74) is 1.02. The quantitative estimate of drug-likeness (QED) is 0.149. The molecule has 1 atom stereocenters. The molecule has 2 aromatic heterocycles. The number of carbonyl (C=O) groups excluding carboxylic acids is 1. The van der Waals surface area contributed by atoms with Crippen LogP contribution in [-0.2, 0) is 12.6 Å². The van der Waals surface area contributed by atoms with Crippen molar-refractivity contribution in [3.05, 3.63) is 99.7 Å². The second kappa shape index (κ2) is 10.0. The van der Waals surface area contributed by atoms with Gasteiger partial charge in [0.25, 0.3) is 0 Å². The van der Waals surface area contributed by atoms with Crippen LogP contribution in [-0.4, -0.2) is 27.8 Å². The molecular formula is C29H18ClF6N7O. The Morgan fingerprint density at radius 2 is 1.77 bits per heavy atom. The largest absolute Gasteiger partial charge is 0.417 e. The Hall–Kier alpha value is -4.98. The molecule has 0 saturated carbocycles. The van der Waals surface area contributed by atoms with Crippen molar-refractivity contribution in [2.24, 2.45) is 0 Å². The Morgan fingerprint density at radius 1 is 0.955 bits per heavy atom. The van der Waals surface area contributed by atoms with Crippen LogP contribution in [0.4, 0.5) is 59.7 Å². The molecule has 224 valence electrons. The average molecular weight is 630 g/mol. The highest BCUT2D eigenvalue weighted by molar-refractivity contribution is 6.31. The van der Waals surface area contributed by atoms with Gasteiger partial charge in [0, 0.05) is 51.2 Å². The molecule has 1 unspecified atom stereocenters. The number of hydrogen-bond donors (Lipinski definition) is 4. The number of amides is 2. The van der Waals surface area contributed by atoms with E-state index in [0.29, 0.717) is 35.0 Å². The number of nitrogens with one attached hydrogen (secondary N) is 4. The molecule has 7 rings (SSSR count). The number of halogens is 7. The van der Waals surface area contributed by atoms with Gasteiger partial charge in [-0.05, 0) is 54.3 Å². The maximum Gasteiger partial charge on any atom is 0.417 e. The molecule has 2 aliphatic heterocycles. The molecule has 44 heavy (non-hydrogen) atoms. The van der Waals surface area contributed by atoms with E-state index < -0.39 is 41.4 Å². The maximum absolute atomic E-state index is 14.5. The molecule has 0 saturated heterocycles. The average Bonchev–Trinajstić information content (AvgIpc) is 3.60. The SMILES string of the molecule is O=C1NC(c2cc(F)ccc2Cl)c2c(Nc3nccc4c(C(F)(F)F)cc(F)cc34)cc(Nc3cn[nH]c3F)c3c2N1CC3. The van der Waals surface area contributed by atoms with Gasteiger partial charge in [-0.2, -0.15) is 22.7 Å². The third kappa shape index (κ3) is 4.53. The Morgan fingerprint density at radius 3 is 2.52 bits per heavy atom. The number of aromatic amines is 1. The van der Waals surface area contributed by atoms with E-state index in [-0.39, 0.29) is 45.1 Å². The number of alkyl halides is 3. The first kappa shape index (κ1) is 27.8. The van der Waals surface area contributed by atoms with Gasteiger partial charge >= 0.3 is 12.2 Å². The van der Waals surface area contributed by atoms with Crippen molar-refractivity contribution in [2.45, 2.75) is 18.6 Å². The van der Waals surface area contributed by atoms with Gasteiger partial charge in [-0.3, -0.25) is 10.00 Å². The molecule has 5 aromatic rings. The monoisotopic (exact) mass is 629 g/mol. The van der Waals surface area contributed by atoms with Crippen LogP contribution < -0.4 is 20.9 Å². The molecule has 0 radical (unpaired) electrons. The zero-order chi connectivity index (χ0) is 30.9. The topological polar surface area (TPSA) is 98.0 Å². The number of fused-ring (bicyclic) bond motifs is 1. The fraction of sp³-hybridized carbons (Fsp3) is 0.138. The van der Waals surface area contributed by atoms with Gasteiger partial charge in [0.2, 0.25) is 5.95 Å². The third-order valence-electron chi connectivity index (χ3n) is 7.64. The summed E-state index contributed by atoms with van der Waals surface area (Å²) < 4.78 is 84.9. The second-order valence-electron chi connectivity index (χ2n) is 10.2. The standard InChI is InChI=1S/C29H18ClF6N7O/c30-19-2-1-12(31)7-17(19)24-23-21(40-27-16-8-13(32)9-18(29(34,35)36)14(16)3-5-37-27)10-20(39-22-11-38-42-26(22)33)15-4-6-43(25(15)23)28(44)41-24/h1-3,5,7-11,24,39H,4,6H2,(H,37,40)(H,38,42)(H,41,44). The van der Waals surface area contributed by atoms with Crippen LogP contribution in [0.15, 0.2) is 54.9 Å². The fourth-order valence-corrected chi connectivity index (χ4v) is 6.02. The van der Waals surface area contributed by atoms with Crippen molar-refractivity contribution < 1.29 is 31.1 Å². The molecule has 0 bridgehead atoms. The maximum atomic E-state index is 14.5.